The highest BCUT2D eigenvalue weighted by atomic mass is 31.2. The van der Waals surface area contributed by atoms with Crippen molar-refractivity contribution in [3.05, 3.63) is 84.4 Å². The Labute approximate surface area is 161 Å². The maximum Gasteiger partial charge on any atom is 0.541 e. The zero-order chi connectivity index (χ0) is 20.0. The van der Waals surface area contributed by atoms with Gasteiger partial charge in [0.05, 0.1) is 6.61 Å². The van der Waals surface area contributed by atoms with E-state index in [-0.39, 0.29) is 11.5 Å². The molecule has 0 atom stereocenters. The van der Waals surface area contributed by atoms with Crippen molar-refractivity contribution in [1.82, 2.24) is 0 Å². The van der Waals surface area contributed by atoms with Crippen LogP contribution in [-0.2, 0) is 4.57 Å². The molecule has 0 spiro atoms. The standard InChI is InChI=1S/C20H18F2NO4P/c1-2-25-16-13-11-15(12-14-16)23-28(24,26-19-9-5-3-7-17(19)21)27-20-10-6-4-8-18(20)22/h3-14H,2H2,1H3,(H,23,24). The zero-order valence-corrected chi connectivity index (χ0v) is 15.9. The fraction of sp³-hybridized carbons (Fsp3) is 0.100. The summed E-state index contributed by atoms with van der Waals surface area (Å²) in [6.45, 7) is 2.35. The Morgan fingerprint density at radius 3 is 1.79 bits per heavy atom. The first-order chi connectivity index (χ1) is 13.5. The van der Waals surface area contributed by atoms with Crippen LogP contribution < -0.4 is 18.9 Å². The molecule has 0 aliphatic rings. The van der Waals surface area contributed by atoms with Gasteiger partial charge in [-0.1, -0.05) is 24.3 Å². The van der Waals surface area contributed by atoms with Gasteiger partial charge >= 0.3 is 7.75 Å². The van der Waals surface area contributed by atoms with Crippen molar-refractivity contribution in [3.63, 3.8) is 0 Å². The molecule has 0 heterocycles. The molecule has 3 aromatic carbocycles. The molecule has 0 radical (unpaired) electrons. The van der Waals surface area contributed by atoms with Crippen molar-refractivity contribution < 1.29 is 27.1 Å². The van der Waals surface area contributed by atoms with Gasteiger partial charge < -0.3 is 13.8 Å². The van der Waals surface area contributed by atoms with Gasteiger partial charge in [0.1, 0.15) is 5.75 Å². The first kappa shape index (κ1) is 19.7. The van der Waals surface area contributed by atoms with Crippen LogP contribution in [0.2, 0.25) is 0 Å². The van der Waals surface area contributed by atoms with E-state index in [9.17, 15) is 13.3 Å². The molecule has 0 saturated carbocycles. The molecule has 0 fully saturated rings. The van der Waals surface area contributed by atoms with Crippen molar-refractivity contribution in [2.45, 2.75) is 6.92 Å². The van der Waals surface area contributed by atoms with Gasteiger partial charge in [0, 0.05) is 5.69 Å². The molecule has 0 aliphatic carbocycles. The molecule has 0 aliphatic heterocycles. The average Bonchev–Trinajstić information content (AvgIpc) is 2.67. The minimum absolute atomic E-state index is 0.291. The third-order valence-corrected chi connectivity index (χ3v) is 4.95. The molecule has 146 valence electrons. The number of benzene rings is 3. The van der Waals surface area contributed by atoms with Crippen molar-refractivity contribution in [1.29, 1.82) is 0 Å². The van der Waals surface area contributed by atoms with Gasteiger partial charge in [0.25, 0.3) is 0 Å². The van der Waals surface area contributed by atoms with Gasteiger partial charge in [0.15, 0.2) is 23.1 Å². The molecular weight excluding hydrogens is 387 g/mol. The molecule has 3 aromatic rings. The quantitative estimate of drug-likeness (QED) is 0.463. The van der Waals surface area contributed by atoms with Crippen molar-refractivity contribution >= 4 is 13.4 Å². The van der Waals surface area contributed by atoms with E-state index in [1.807, 2.05) is 6.92 Å². The Hall–Kier alpha value is -3.05. The number of ether oxygens (including phenoxy) is 1. The van der Waals surface area contributed by atoms with E-state index in [0.717, 1.165) is 12.1 Å². The Bertz CT molecular complexity index is 930. The summed E-state index contributed by atoms with van der Waals surface area (Å²) in [7, 11) is -4.24. The number of nitrogens with one attached hydrogen (secondary N) is 1. The summed E-state index contributed by atoms with van der Waals surface area (Å²) >= 11 is 0. The van der Waals surface area contributed by atoms with Crippen LogP contribution in [0.1, 0.15) is 6.92 Å². The summed E-state index contributed by atoms with van der Waals surface area (Å²) in [5.74, 6) is -1.42. The van der Waals surface area contributed by atoms with Crippen LogP contribution in [0.15, 0.2) is 72.8 Å². The lowest BCUT2D eigenvalue weighted by Crippen LogP contribution is -2.11. The van der Waals surface area contributed by atoms with Crippen LogP contribution in [0, 0.1) is 11.6 Å². The van der Waals surface area contributed by atoms with Crippen LogP contribution in [-0.4, -0.2) is 6.61 Å². The molecule has 1 N–H and O–H groups in total. The summed E-state index contributed by atoms with van der Waals surface area (Å²) in [4.78, 5) is 0. The maximum absolute atomic E-state index is 14.0. The van der Waals surface area contributed by atoms with Gasteiger partial charge in [-0.15, -0.1) is 0 Å². The molecule has 8 heteroatoms. The lowest BCUT2D eigenvalue weighted by molar-refractivity contribution is 0.340. The third kappa shape index (κ3) is 5.02. The van der Waals surface area contributed by atoms with Gasteiger partial charge in [-0.05, 0) is 55.5 Å². The number of para-hydroxylation sites is 2. The fourth-order valence-electron chi connectivity index (χ4n) is 2.31. The van der Waals surface area contributed by atoms with E-state index in [0.29, 0.717) is 18.0 Å². The van der Waals surface area contributed by atoms with E-state index >= 15 is 0 Å². The van der Waals surface area contributed by atoms with E-state index in [1.54, 1.807) is 24.3 Å². The van der Waals surface area contributed by atoms with Gasteiger partial charge in [-0.25, -0.2) is 13.3 Å². The van der Waals surface area contributed by atoms with E-state index < -0.39 is 19.4 Å². The van der Waals surface area contributed by atoms with Crippen LogP contribution in [0.3, 0.4) is 0 Å². The average molecular weight is 405 g/mol. The SMILES string of the molecule is CCOc1ccc(NP(=O)(Oc2ccccc2F)Oc2ccccc2F)cc1. The Morgan fingerprint density at radius 1 is 0.821 bits per heavy atom. The molecule has 0 saturated heterocycles. The third-order valence-electron chi connectivity index (χ3n) is 3.54. The van der Waals surface area contributed by atoms with E-state index in [4.69, 9.17) is 13.8 Å². The largest absolute Gasteiger partial charge is 0.541 e. The van der Waals surface area contributed by atoms with Gasteiger partial charge in [-0.3, -0.25) is 5.09 Å². The molecule has 3 rings (SSSR count). The monoisotopic (exact) mass is 405 g/mol. The second kappa shape index (κ2) is 8.76. The molecule has 0 bridgehead atoms. The molecular formula is C20H18F2NO4P. The highest BCUT2D eigenvalue weighted by molar-refractivity contribution is 7.56. The first-order valence-electron chi connectivity index (χ1n) is 8.48. The molecule has 0 aromatic heterocycles. The van der Waals surface area contributed by atoms with Crippen LogP contribution in [0.5, 0.6) is 17.2 Å². The Morgan fingerprint density at radius 2 is 1.32 bits per heavy atom. The highest BCUT2D eigenvalue weighted by Gasteiger charge is 2.31. The van der Waals surface area contributed by atoms with Crippen molar-refractivity contribution in [2.75, 3.05) is 11.7 Å². The first-order valence-corrected chi connectivity index (χ1v) is 10.0. The molecule has 0 unspecified atom stereocenters. The predicted molar refractivity (Wildman–Crippen MR) is 103 cm³/mol. The maximum atomic E-state index is 14.0. The normalized spacial score (nSPS) is 11.0. The fourth-order valence-corrected chi connectivity index (χ4v) is 3.72. The number of halogens is 2. The summed E-state index contributed by atoms with van der Waals surface area (Å²) < 4.78 is 57.3. The lowest BCUT2D eigenvalue weighted by Gasteiger charge is -2.21. The summed E-state index contributed by atoms with van der Waals surface area (Å²) in [5.41, 5.74) is 0.361. The van der Waals surface area contributed by atoms with Crippen molar-refractivity contribution in [2.24, 2.45) is 0 Å². The predicted octanol–water partition coefficient (Wildman–Crippen LogP) is 6.04. The summed E-state index contributed by atoms with van der Waals surface area (Å²) in [5, 5.41) is 2.60. The van der Waals surface area contributed by atoms with E-state index in [2.05, 4.69) is 5.09 Å². The Balaban J connectivity index is 1.90. The smallest absolute Gasteiger partial charge is 0.494 e. The Kier molecular flexibility index (Phi) is 6.16. The zero-order valence-electron chi connectivity index (χ0n) is 15.0. The minimum Gasteiger partial charge on any atom is -0.494 e. The summed E-state index contributed by atoms with van der Waals surface area (Å²) in [6.07, 6.45) is 0. The van der Waals surface area contributed by atoms with E-state index in [1.165, 1.54) is 36.4 Å². The topological polar surface area (TPSA) is 56.8 Å². The molecule has 28 heavy (non-hydrogen) atoms. The second-order valence-electron chi connectivity index (χ2n) is 5.61. The number of anilines is 1. The van der Waals surface area contributed by atoms with Crippen LogP contribution in [0.4, 0.5) is 14.5 Å². The van der Waals surface area contributed by atoms with Crippen LogP contribution >= 0.6 is 7.75 Å². The summed E-state index contributed by atoms with van der Waals surface area (Å²) in [6, 6.07) is 17.4. The number of hydrogen-bond acceptors (Lipinski definition) is 4. The number of hydrogen-bond donors (Lipinski definition) is 1. The lowest BCUT2D eigenvalue weighted by atomic mass is 10.3. The molecule has 0 amide bonds. The number of rotatable bonds is 8. The highest BCUT2D eigenvalue weighted by Crippen LogP contribution is 2.49. The second-order valence-corrected chi connectivity index (χ2v) is 7.19. The van der Waals surface area contributed by atoms with Gasteiger partial charge in [0.2, 0.25) is 0 Å². The van der Waals surface area contributed by atoms with Gasteiger partial charge in [-0.2, -0.15) is 0 Å². The van der Waals surface area contributed by atoms with Crippen LogP contribution in [0.25, 0.3) is 0 Å². The van der Waals surface area contributed by atoms with Crippen molar-refractivity contribution in [3.8, 4) is 17.2 Å². The molecule has 5 nitrogen and oxygen atoms in total. The minimum atomic E-state index is -4.24.